The molecule has 0 atom stereocenters. The minimum Gasteiger partial charge on any atom is -0.460 e. The van der Waals surface area contributed by atoms with Crippen LogP contribution in [0.5, 0.6) is 6.01 Å². The van der Waals surface area contributed by atoms with Crippen LogP contribution in [0.15, 0.2) is 30.7 Å². The van der Waals surface area contributed by atoms with Gasteiger partial charge >= 0.3 is 6.01 Å². The summed E-state index contributed by atoms with van der Waals surface area (Å²) >= 11 is 1.55. The zero-order valence-electron chi connectivity index (χ0n) is 19.0. The molecule has 0 unspecified atom stereocenters. The highest BCUT2D eigenvalue weighted by atomic mass is 32.1. The highest BCUT2D eigenvalue weighted by molar-refractivity contribution is 7.18. The summed E-state index contributed by atoms with van der Waals surface area (Å²) in [6.45, 7) is 6.46. The molecular weight excluding hydrogens is 436 g/mol. The Balaban J connectivity index is 1.23. The number of rotatable bonds is 7. The molecule has 2 aliphatic rings. The molecule has 0 radical (unpaired) electrons. The van der Waals surface area contributed by atoms with Crippen molar-refractivity contribution in [3.05, 3.63) is 41.9 Å². The third kappa shape index (κ3) is 5.85. The van der Waals surface area contributed by atoms with Gasteiger partial charge in [-0.3, -0.25) is 4.90 Å². The van der Waals surface area contributed by atoms with Crippen LogP contribution >= 0.6 is 11.3 Å². The van der Waals surface area contributed by atoms with Crippen molar-refractivity contribution in [2.24, 2.45) is 0 Å². The van der Waals surface area contributed by atoms with Gasteiger partial charge in [-0.15, -0.1) is 0 Å². The molecule has 1 saturated carbocycles. The normalized spacial score (nSPS) is 17.7. The molecule has 5 rings (SSSR count). The number of pyridine rings is 1. The predicted molar refractivity (Wildman–Crippen MR) is 129 cm³/mol. The maximum Gasteiger partial charge on any atom is 0.317 e. The topological polar surface area (TPSA) is 85.3 Å². The third-order valence-electron chi connectivity index (χ3n) is 6.08. The van der Waals surface area contributed by atoms with Crippen LogP contribution in [0.25, 0.3) is 10.6 Å². The number of aryl methyl sites for hydroxylation is 1. The molecule has 174 valence electrons. The first-order valence-corrected chi connectivity index (χ1v) is 12.5. The first-order valence-electron chi connectivity index (χ1n) is 11.7. The van der Waals surface area contributed by atoms with Gasteiger partial charge in [0.15, 0.2) is 5.13 Å². The lowest BCUT2D eigenvalue weighted by Crippen LogP contribution is -2.35. The molecule has 1 saturated heterocycles. The van der Waals surface area contributed by atoms with Gasteiger partial charge in [-0.1, -0.05) is 23.8 Å². The number of ether oxygens (including phenoxy) is 2. The van der Waals surface area contributed by atoms with Crippen LogP contribution < -0.4 is 10.1 Å². The van der Waals surface area contributed by atoms with E-state index in [1.54, 1.807) is 11.3 Å². The largest absolute Gasteiger partial charge is 0.460 e. The number of thiazole rings is 1. The van der Waals surface area contributed by atoms with Crippen LogP contribution in [-0.2, 0) is 11.3 Å². The molecular formula is C24H30N6O2S. The molecule has 0 aromatic carbocycles. The Hall–Kier alpha value is -2.62. The lowest BCUT2D eigenvalue weighted by molar-refractivity contribution is 0.0341. The van der Waals surface area contributed by atoms with Crippen LogP contribution in [0.3, 0.4) is 0 Å². The lowest BCUT2D eigenvalue weighted by Gasteiger charge is -2.26. The number of nitrogens with zero attached hydrogens (tertiary/aromatic N) is 5. The van der Waals surface area contributed by atoms with Gasteiger partial charge in [0.05, 0.1) is 23.8 Å². The van der Waals surface area contributed by atoms with Crippen LogP contribution in [-0.4, -0.2) is 57.2 Å². The summed E-state index contributed by atoms with van der Waals surface area (Å²) < 4.78 is 11.5. The molecule has 0 amide bonds. The molecule has 9 heteroatoms. The van der Waals surface area contributed by atoms with Crippen molar-refractivity contribution in [2.75, 3.05) is 31.6 Å². The molecule has 1 aliphatic carbocycles. The maximum absolute atomic E-state index is 6.07. The lowest BCUT2D eigenvalue weighted by atomic mass is 9.98. The molecule has 4 heterocycles. The van der Waals surface area contributed by atoms with E-state index in [2.05, 4.69) is 31.2 Å². The summed E-state index contributed by atoms with van der Waals surface area (Å²) in [6.07, 6.45) is 11.7. The Kier molecular flexibility index (Phi) is 7.09. The number of morpholine rings is 1. The predicted octanol–water partition coefficient (Wildman–Crippen LogP) is 4.59. The first-order chi connectivity index (χ1) is 16.2. The minimum atomic E-state index is 0.227. The highest BCUT2D eigenvalue weighted by Gasteiger charge is 2.18. The van der Waals surface area contributed by atoms with E-state index in [4.69, 9.17) is 14.5 Å². The molecule has 33 heavy (non-hydrogen) atoms. The Bertz CT molecular complexity index is 1050. The molecule has 8 nitrogen and oxygen atoms in total. The zero-order chi connectivity index (χ0) is 22.5. The molecule has 2 fully saturated rings. The van der Waals surface area contributed by atoms with Gasteiger partial charge in [0.25, 0.3) is 0 Å². The van der Waals surface area contributed by atoms with Crippen molar-refractivity contribution in [1.82, 2.24) is 24.8 Å². The molecule has 1 N–H and O–H groups in total. The summed E-state index contributed by atoms with van der Waals surface area (Å²) in [7, 11) is 0. The van der Waals surface area contributed by atoms with E-state index in [0.717, 1.165) is 72.8 Å². The zero-order valence-corrected chi connectivity index (χ0v) is 19.8. The second kappa shape index (κ2) is 10.5. The smallest absolute Gasteiger partial charge is 0.317 e. The minimum absolute atomic E-state index is 0.227. The fourth-order valence-electron chi connectivity index (χ4n) is 4.22. The monoisotopic (exact) mass is 466 g/mol. The van der Waals surface area contributed by atoms with E-state index >= 15 is 0 Å². The molecule has 3 aromatic rings. The van der Waals surface area contributed by atoms with Crippen molar-refractivity contribution in [3.8, 4) is 16.6 Å². The molecule has 0 spiro atoms. The summed E-state index contributed by atoms with van der Waals surface area (Å²) in [4.78, 5) is 21.6. The summed E-state index contributed by atoms with van der Waals surface area (Å²) in [5, 5.41) is 4.10. The Labute approximate surface area is 198 Å². The fraction of sp³-hybridized carbons (Fsp3) is 0.500. The van der Waals surface area contributed by atoms with Gasteiger partial charge in [0, 0.05) is 38.2 Å². The quantitative estimate of drug-likeness (QED) is 0.541. The average Bonchev–Trinajstić information content (AvgIpc) is 3.31. The van der Waals surface area contributed by atoms with Crippen molar-refractivity contribution in [2.45, 2.75) is 51.7 Å². The van der Waals surface area contributed by atoms with E-state index in [9.17, 15) is 0 Å². The van der Waals surface area contributed by atoms with Gasteiger partial charge in [-0.2, -0.15) is 4.98 Å². The van der Waals surface area contributed by atoms with Gasteiger partial charge in [0.1, 0.15) is 11.9 Å². The molecule has 0 bridgehead atoms. The van der Waals surface area contributed by atoms with E-state index in [0.29, 0.717) is 6.01 Å². The van der Waals surface area contributed by atoms with Crippen LogP contribution in [0, 0.1) is 6.92 Å². The fourth-order valence-corrected chi connectivity index (χ4v) is 5.10. The summed E-state index contributed by atoms with van der Waals surface area (Å²) in [5.74, 6) is 0.780. The van der Waals surface area contributed by atoms with Gasteiger partial charge in [-0.05, 0) is 49.8 Å². The Morgan fingerprint density at radius 3 is 2.70 bits per heavy atom. The second-order valence-corrected chi connectivity index (χ2v) is 9.69. The van der Waals surface area contributed by atoms with Crippen molar-refractivity contribution in [3.63, 3.8) is 0 Å². The van der Waals surface area contributed by atoms with Gasteiger partial charge < -0.3 is 14.8 Å². The van der Waals surface area contributed by atoms with Crippen LogP contribution in [0.2, 0.25) is 0 Å². The van der Waals surface area contributed by atoms with Crippen LogP contribution in [0.4, 0.5) is 10.9 Å². The highest BCUT2D eigenvalue weighted by Crippen LogP contribution is 2.32. The summed E-state index contributed by atoms with van der Waals surface area (Å²) in [5.41, 5.74) is 3.08. The SMILES string of the molecule is Cc1cnc(OC2CCCCC2)nc1-c1cnc(Nc2ccc(CN3CCOCC3)cn2)s1. The summed E-state index contributed by atoms with van der Waals surface area (Å²) in [6, 6.07) is 4.58. The average molecular weight is 467 g/mol. The van der Waals surface area contributed by atoms with Gasteiger partial charge in [0.2, 0.25) is 0 Å². The first kappa shape index (κ1) is 22.2. The Morgan fingerprint density at radius 2 is 1.91 bits per heavy atom. The van der Waals surface area contributed by atoms with Crippen molar-refractivity contribution < 1.29 is 9.47 Å². The number of aromatic nitrogens is 4. The van der Waals surface area contributed by atoms with E-state index < -0.39 is 0 Å². The van der Waals surface area contributed by atoms with Gasteiger partial charge in [-0.25, -0.2) is 15.0 Å². The second-order valence-electron chi connectivity index (χ2n) is 8.66. The number of anilines is 2. The third-order valence-corrected chi connectivity index (χ3v) is 7.00. The van der Waals surface area contributed by atoms with Crippen LogP contribution in [0.1, 0.15) is 43.2 Å². The number of hydrogen-bond acceptors (Lipinski definition) is 9. The molecule has 3 aromatic heterocycles. The molecule has 1 aliphatic heterocycles. The van der Waals surface area contributed by atoms with Crippen molar-refractivity contribution >= 4 is 22.3 Å². The van der Waals surface area contributed by atoms with E-state index in [1.165, 1.54) is 24.8 Å². The number of hydrogen-bond donors (Lipinski definition) is 1. The van der Waals surface area contributed by atoms with E-state index in [1.807, 2.05) is 31.6 Å². The maximum atomic E-state index is 6.07. The van der Waals surface area contributed by atoms with E-state index in [-0.39, 0.29) is 6.10 Å². The van der Waals surface area contributed by atoms with Crippen molar-refractivity contribution in [1.29, 1.82) is 0 Å². The number of nitrogens with one attached hydrogen (secondary N) is 1. The standard InChI is InChI=1S/C24H30N6O2S/c1-17-13-26-23(32-19-5-3-2-4-6-19)29-22(17)20-15-27-24(33-20)28-21-8-7-18(14-25-21)16-30-9-11-31-12-10-30/h7-8,13-15,19H,2-6,9-12,16H2,1H3,(H,25,27,28). The Morgan fingerprint density at radius 1 is 1.06 bits per heavy atom.